The number of hydrogen-bond donors (Lipinski definition) is 2. The van der Waals surface area contributed by atoms with Crippen LogP contribution in [0.3, 0.4) is 0 Å². The molecule has 0 aliphatic rings. The van der Waals surface area contributed by atoms with Crippen molar-refractivity contribution in [1.29, 1.82) is 0 Å². The number of thiocarbonyl (C=S) groups is 1. The van der Waals surface area contributed by atoms with Gasteiger partial charge in [0.25, 0.3) is 0 Å². The Labute approximate surface area is 127 Å². The van der Waals surface area contributed by atoms with Gasteiger partial charge in [-0.05, 0) is 43.6 Å². The molecule has 1 aromatic rings. The summed E-state index contributed by atoms with van der Waals surface area (Å²) in [5, 5.41) is 6.61. The highest BCUT2D eigenvalue weighted by Crippen LogP contribution is 2.34. The molecule has 2 N–H and O–H groups in total. The standard InChI is InChI=1S/C14H18F3N3S/c1-4-9(2)10(3)19-20-13(21)18-12-8-6-5-7-11(12)14(15,16)17/h5-9H,4H2,1-3H3,(H2,18,20,21)/b19-10-/t9-/m0/s1. The average Bonchev–Trinajstić information content (AvgIpc) is 2.43. The fraction of sp³-hybridized carbons (Fsp3) is 0.429. The van der Waals surface area contributed by atoms with E-state index in [1.807, 2.05) is 20.8 Å². The first-order valence-corrected chi connectivity index (χ1v) is 6.94. The molecular formula is C14H18F3N3S. The first kappa shape index (κ1) is 17.4. The van der Waals surface area contributed by atoms with Crippen LogP contribution in [0.2, 0.25) is 0 Å². The summed E-state index contributed by atoms with van der Waals surface area (Å²) in [6, 6.07) is 5.16. The van der Waals surface area contributed by atoms with Crippen molar-refractivity contribution in [3.63, 3.8) is 0 Å². The fourth-order valence-electron chi connectivity index (χ4n) is 1.53. The van der Waals surface area contributed by atoms with Crippen LogP contribution in [-0.4, -0.2) is 10.8 Å². The predicted octanol–water partition coefficient (Wildman–Crippen LogP) is 4.41. The highest BCUT2D eigenvalue weighted by molar-refractivity contribution is 7.80. The van der Waals surface area contributed by atoms with Crippen LogP contribution < -0.4 is 10.7 Å². The van der Waals surface area contributed by atoms with Gasteiger partial charge in [-0.25, -0.2) is 0 Å². The minimum absolute atomic E-state index is 0.0225. The number of hydrazone groups is 1. The molecule has 0 bridgehead atoms. The SMILES string of the molecule is CC[C@H](C)/C(C)=N\NC(=S)Nc1ccccc1C(F)(F)F. The van der Waals surface area contributed by atoms with E-state index in [4.69, 9.17) is 12.2 Å². The number of anilines is 1. The molecule has 0 amide bonds. The van der Waals surface area contributed by atoms with Crippen molar-refractivity contribution in [2.24, 2.45) is 11.0 Å². The van der Waals surface area contributed by atoms with E-state index in [2.05, 4.69) is 15.8 Å². The average molecular weight is 317 g/mol. The van der Waals surface area contributed by atoms with Gasteiger partial charge < -0.3 is 5.32 Å². The lowest BCUT2D eigenvalue weighted by Gasteiger charge is -2.15. The van der Waals surface area contributed by atoms with E-state index < -0.39 is 11.7 Å². The second-order valence-electron chi connectivity index (χ2n) is 4.67. The Morgan fingerprint density at radius 2 is 1.95 bits per heavy atom. The molecule has 0 saturated heterocycles. The van der Waals surface area contributed by atoms with Gasteiger partial charge in [-0.1, -0.05) is 26.0 Å². The van der Waals surface area contributed by atoms with E-state index >= 15 is 0 Å². The lowest BCUT2D eigenvalue weighted by Crippen LogP contribution is -2.27. The lowest BCUT2D eigenvalue weighted by atomic mass is 10.1. The molecular weight excluding hydrogens is 299 g/mol. The van der Waals surface area contributed by atoms with Crippen molar-refractivity contribution in [2.75, 3.05) is 5.32 Å². The molecule has 0 spiro atoms. The van der Waals surface area contributed by atoms with E-state index in [0.29, 0.717) is 0 Å². The molecule has 3 nitrogen and oxygen atoms in total. The Morgan fingerprint density at radius 3 is 2.52 bits per heavy atom. The van der Waals surface area contributed by atoms with Crippen LogP contribution in [-0.2, 0) is 6.18 Å². The van der Waals surface area contributed by atoms with Crippen LogP contribution in [0.5, 0.6) is 0 Å². The van der Waals surface area contributed by atoms with Gasteiger partial charge >= 0.3 is 6.18 Å². The highest BCUT2D eigenvalue weighted by atomic mass is 32.1. The Balaban J connectivity index is 2.77. The summed E-state index contributed by atoms with van der Waals surface area (Å²) in [7, 11) is 0. The summed E-state index contributed by atoms with van der Waals surface area (Å²) >= 11 is 4.96. The van der Waals surface area contributed by atoms with Gasteiger partial charge in [-0.15, -0.1) is 0 Å². The number of nitrogens with one attached hydrogen (secondary N) is 2. The molecule has 0 radical (unpaired) electrons. The van der Waals surface area contributed by atoms with Gasteiger partial charge in [-0.2, -0.15) is 18.3 Å². The van der Waals surface area contributed by atoms with Crippen molar-refractivity contribution < 1.29 is 13.2 Å². The Bertz CT molecular complexity index is 526. The largest absolute Gasteiger partial charge is 0.418 e. The fourth-order valence-corrected chi connectivity index (χ4v) is 1.69. The predicted molar refractivity (Wildman–Crippen MR) is 83.4 cm³/mol. The molecule has 1 atom stereocenters. The molecule has 1 aromatic carbocycles. The van der Waals surface area contributed by atoms with Crippen molar-refractivity contribution in [3.05, 3.63) is 29.8 Å². The summed E-state index contributed by atoms with van der Waals surface area (Å²) in [4.78, 5) is 0. The van der Waals surface area contributed by atoms with E-state index in [9.17, 15) is 13.2 Å². The number of rotatable bonds is 4. The number of halogens is 3. The maximum absolute atomic E-state index is 12.8. The molecule has 0 aromatic heterocycles. The first-order valence-electron chi connectivity index (χ1n) is 6.53. The lowest BCUT2D eigenvalue weighted by molar-refractivity contribution is -0.136. The molecule has 7 heteroatoms. The van der Waals surface area contributed by atoms with Gasteiger partial charge in [0.2, 0.25) is 0 Å². The summed E-state index contributed by atoms with van der Waals surface area (Å²) in [5.41, 5.74) is 2.54. The third kappa shape index (κ3) is 5.34. The zero-order chi connectivity index (χ0) is 16.0. The van der Waals surface area contributed by atoms with Crippen LogP contribution in [0.1, 0.15) is 32.8 Å². The summed E-state index contributed by atoms with van der Waals surface area (Å²) in [6.07, 6.45) is -3.51. The van der Waals surface area contributed by atoms with Crippen LogP contribution in [0.15, 0.2) is 29.4 Å². The van der Waals surface area contributed by atoms with E-state index in [1.54, 1.807) is 0 Å². The number of para-hydroxylation sites is 1. The molecule has 1 rings (SSSR count). The second kappa shape index (κ2) is 7.40. The van der Waals surface area contributed by atoms with Crippen molar-refractivity contribution >= 4 is 28.7 Å². The Kier molecular flexibility index (Phi) is 6.14. The minimum Gasteiger partial charge on any atom is -0.331 e. The first-order chi connectivity index (χ1) is 9.75. The molecule has 0 heterocycles. The van der Waals surface area contributed by atoms with Crippen molar-refractivity contribution in [3.8, 4) is 0 Å². The van der Waals surface area contributed by atoms with Crippen LogP contribution in [0.25, 0.3) is 0 Å². The number of alkyl halides is 3. The van der Waals surface area contributed by atoms with Crippen LogP contribution in [0, 0.1) is 5.92 Å². The number of hydrogen-bond acceptors (Lipinski definition) is 2. The molecule has 116 valence electrons. The van der Waals surface area contributed by atoms with Gasteiger partial charge in [0.1, 0.15) is 0 Å². The van der Waals surface area contributed by atoms with E-state index in [1.165, 1.54) is 18.2 Å². The van der Waals surface area contributed by atoms with Gasteiger partial charge in [0.05, 0.1) is 11.3 Å². The van der Waals surface area contributed by atoms with Crippen molar-refractivity contribution in [1.82, 2.24) is 5.43 Å². The Morgan fingerprint density at radius 1 is 1.33 bits per heavy atom. The highest BCUT2D eigenvalue weighted by Gasteiger charge is 2.33. The van der Waals surface area contributed by atoms with Gasteiger partial charge in [0, 0.05) is 5.71 Å². The summed E-state index contributed by atoms with van der Waals surface area (Å²) in [5.74, 6) is 0.280. The molecule has 0 aliphatic carbocycles. The van der Waals surface area contributed by atoms with E-state index in [0.717, 1.165) is 18.2 Å². The minimum atomic E-state index is -4.44. The molecule has 0 fully saturated rings. The van der Waals surface area contributed by atoms with Crippen LogP contribution in [0.4, 0.5) is 18.9 Å². The normalized spacial score (nSPS) is 13.7. The van der Waals surface area contributed by atoms with Gasteiger partial charge in [-0.3, -0.25) is 5.43 Å². The topological polar surface area (TPSA) is 36.4 Å². The third-order valence-corrected chi connectivity index (χ3v) is 3.33. The maximum atomic E-state index is 12.8. The monoisotopic (exact) mass is 317 g/mol. The molecule has 0 aliphatic heterocycles. The zero-order valence-corrected chi connectivity index (χ0v) is 12.9. The smallest absolute Gasteiger partial charge is 0.331 e. The number of nitrogens with zero attached hydrogens (tertiary/aromatic N) is 1. The van der Waals surface area contributed by atoms with Crippen LogP contribution >= 0.6 is 12.2 Å². The van der Waals surface area contributed by atoms with E-state index in [-0.39, 0.29) is 16.7 Å². The molecule has 0 unspecified atom stereocenters. The quantitative estimate of drug-likeness (QED) is 0.490. The third-order valence-electron chi connectivity index (χ3n) is 3.14. The van der Waals surface area contributed by atoms with Gasteiger partial charge in [0.15, 0.2) is 5.11 Å². The van der Waals surface area contributed by atoms with Crippen molar-refractivity contribution in [2.45, 2.75) is 33.4 Å². The molecule has 21 heavy (non-hydrogen) atoms. The zero-order valence-electron chi connectivity index (χ0n) is 12.1. The summed E-state index contributed by atoms with van der Waals surface area (Å²) in [6.45, 7) is 5.88. The Hall–Kier alpha value is -1.63. The number of benzene rings is 1. The maximum Gasteiger partial charge on any atom is 0.418 e. The second-order valence-corrected chi connectivity index (χ2v) is 5.08. The molecule has 0 saturated carbocycles. The summed E-state index contributed by atoms with van der Waals surface area (Å²) < 4.78 is 38.5.